The largest absolute Gasteiger partial charge is 0.334 e. The Hall–Kier alpha value is -1.67. The number of urea groups is 1. The molecule has 1 fully saturated rings. The van der Waals surface area contributed by atoms with E-state index >= 15 is 0 Å². The summed E-state index contributed by atoms with van der Waals surface area (Å²) in [5, 5.41) is 5.21. The molecule has 0 spiro atoms. The molecule has 1 aromatic rings. The third kappa shape index (κ3) is 4.17. The Balaban J connectivity index is 1.91. The number of hydrogen-bond acceptors (Lipinski definition) is 3. The Morgan fingerprint density at radius 3 is 2.77 bits per heavy atom. The minimum Gasteiger partial charge on any atom is -0.334 e. The number of halogens is 1. The molecule has 0 aliphatic heterocycles. The van der Waals surface area contributed by atoms with Crippen LogP contribution in [0.5, 0.6) is 0 Å². The lowest BCUT2D eigenvalue weighted by molar-refractivity contribution is 0.224. The predicted octanol–water partition coefficient (Wildman–Crippen LogP) is 1.28. The SMILES string of the molecule is CNS(=O)(=O)c1cccc(CNC(=O)N[C@H]2CCC[C@H]2F)c1. The number of nitrogens with one attached hydrogen (secondary N) is 3. The summed E-state index contributed by atoms with van der Waals surface area (Å²) < 4.78 is 39.1. The first-order valence-corrected chi connectivity index (χ1v) is 8.61. The molecule has 0 unspecified atom stereocenters. The van der Waals surface area contributed by atoms with Gasteiger partial charge in [-0.3, -0.25) is 0 Å². The Morgan fingerprint density at radius 1 is 1.36 bits per heavy atom. The van der Waals surface area contributed by atoms with Gasteiger partial charge in [-0.2, -0.15) is 0 Å². The first-order chi connectivity index (χ1) is 10.4. The van der Waals surface area contributed by atoms with E-state index in [0.717, 1.165) is 6.42 Å². The predicted molar refractivity (Wildman–Crippen MR) is 80.6 cm³/mol. The molecule has 0 aromatic heterocycles. The summed E-state index contributed by atoms with van der Waals surface area (Å²) in [4.78, 5) is 11.9. The van der Waals surface area contributed by atoms with E-state index < -0.39 is 28.3 Å². The van der Waals surface area contributed by atoms with Gasteiger partial charge in [0.05, 0.1) is 10.9 Å². The average Bonchev–Trinajstić information content (AvgIpc) is 2.90. The lowest BCUT2D eigenvalue weighted by Crippen LogP contribution is -2.44. The van der Waals surface area contributed by atoms with Crippen molar-refractivity contribution in [2.75, 3.05) is 7.05 Å². The fourth-order valence-electron chi connectivity index (χ4n) is 2.42. The standard InChI is InChI=1S/C14H20FN3O3S/c1-16-22(20,21)11-5-2-4-10(8-11)9-17-14(19)18-13-7-3-6-12(13)15/h2,4-5,8,12-13,16H,3,6-7,9H2,1H3,(H2,17,18,19)/t12-,13+/m1/s1. The maximum Gasteiger partial charge on any atom is 0.315 e. The molecule has 0 bridgehead atoms. The molecular weight excluding hydrogens is 309 g/mol. The summed E-state index contributed by atoms with van der Waals surface area (Å²) in [7, 11) is -2.18. The first kappa shape index (κ1) is 16.7. The normalized spacial score (nSPS) is 21.5. The van der Waals surface area contributed by atoms with Gasteiger partial charge in [-0.1, -0.05) is 12.1 Å². The summed E-state index contributed by atoms with van der Waals surface area (Å²) >= 11 is 0. The molecule has 1 aliphatic carbocycles. The molecule has 0 saturated heterocycles. The number of hydrogen-bond donors (Lipinski definition) is 3. The van der Waals surface area contributed by atoms with Crippen LogP contribution in [0.1, 0.15) is 24.8 Å². The second kappa shape index (κ2) is 7.06. The van der Waals surface area contributed by atoms with Crippen LogP contribution >= 0.6 is 0 Å². The van der Waals surface area contributed by atoms with Crippen LogP contribution in [-0.2, 0) is 16.6 Å². The highest BCUT2D eigenvalue weighted by Gasteiger charge is 2.28. The van der Waals surface area contributed by atoms with Gasteiger partial charge in [0.25, 0.3) is 0 Å². The Morgan fingerprint density at radius 2 is 2.14 bits per heavy atom. The zero-order valence-corrected chi connectivity index (χ0v) is 13.1. The quantitative estimate of drug-likeness (QED) is 0.760. The second-order valence-electron chi connectivity index (χ2n) is 5.24. The summed E-state index contributed by atoms with van der Waals surface area (Å²) in [6.07, 6.45) is 0.907. The first-order valence-electron chi connectivity index (χ1n) is 7.13. The van der Waals surface area contributed by atoms with E-state index in [4.69, 9.17) is 0 Å². The number of amides is 2. The van der Waals surface area contributed by atoms with Crippen LogP contribution in [0.3, 0.4) is 0 Å². The van der Waals surface area contributed by atoms with E-state index in [1.165, 1.54) is 19.2 Å². The zero-order valence-electron chi connectivity index (χ0n) is 12.3. The lowest BCUT2D eigenvalue weighted by atomic mass is 10.2. The summed E-state index contributed by atoms with van der Waals surface area (Å²) in [5.41, 5.74) is 0.648. The maximum atomic E-state index is 13.4. The molecule has 2 atom stereocenters. The minimum absolute atomic E-state index is 0.134. The lowest BCUT2D eigenvalue weighted by Gasteiger charge is -2.15. The van der Waals surface area contributed by atoms with Gasteiger partial charge >= 0.3 is 6.03 Å². The van der Waals surface area contributed by atoms with Crippen molar-refractivity contribution in [2.45, 2.75) is 42.9 Å². The van der Waals surface area contributed by atoms with Crippen molar-refractivity contribution in [3.05, 3.63) is 29.8 Å². The van der Waals surface area contributed by atoms with Gasteiger partial charge in [0.15, 0.2) is 0 Å². The number of benzene rings is 1. The van der Waals surface area contributed by atoms with Crippen molar-refractivity contribution in [2.24, 2.45) is 0 Å². The molecule has 0 heterocycles. The number of sulfonamides is 1. The summed E-state index contributed by atoms with van der Waals surface area (Å²) in [6.45, 7) is 0.169. The molecule has 6 nitrogen and oxygen atoms in total. The Kier molecular flexibility index (Phi) is 5.36. The molecular formula is C14H20FN3O3S. The van der Waals surface area contributed by atoms with Crippen molar-refractivity contribution in [3.63, 3.8) is 0 Å². The van der Waals surface area contributed by atoms with Crippen LogP contribution in [-0.4, -0.2) is 33.7 Å². The molecule has 122 valence electrons. The third-order valence-corrected chi connectivity index (χ3v) is 5.09. The second-order valence-corrected chi connectivity index (χ2v) is 7.12. The van der Waals surface area contributed by atoms with Crippen LogP contribution in [0.25, 0.3) is 0 Å². The minimum atomic E-state index is -3.51. The molecule has 2 amide bonds. The van der Waals surface area contributed by atoms with Crippen LogP contribution in [0.2, 0.25) is 0 Å². The van der Waals surface area contributed by atoms with Crippen LogP contribution in [0, 0.1) is 0 Å². The van der Waals surface area contributed by atoms with E-state index in [-0.39, 0.29) is 11.4 Å². The molecule has 1 saturated carbocycles. The molecule has 1 aromatic carbocycles. The Bertz CT molecular complexity index is 636. The van der Waals surface area contributed by atoms with E-state index in [1.807, 2.05) is 0 Å². The zero-order chi connectivity index (χ0) is 16.2. The average molecular weight is 329 g/mol. The maximum absolute atomic E-state index is 13.4. The van der Waals surface area contributed by atoms with Crippen molar-refractivity contribution >= 4 is 16.1 Å². The highest BCUT2D eigenvalue weighted by atomic mass is 32.2. The van der Waals surface area contributed by atoms with Crippen LogP contribution in [0.15, 0.2) is 29.2 Å². The van der Waals surface area contributed by atoms with Crippen LogP contribution < -0.4 is 15.4 Å². The fourth-order valence-corrected chi connectivity index (χ4v) is 3.22. The van der Waals surface area contributed by atoms with Gasteiger partial charge in [-0.05, 0) is 44.0 Å². The van der Waals surface area contributed by atoms with Gasteiger partial charge in [0.1, 0.15) is 6.17 Å². The van der Waals surface area contributed by atoms with Gasteiger partial charge < -0.3 is 10.6 Å². The molecule has 3 N–H and O–H groups in total. The van der Waals surface area contributed by atoms with Gasteiger partial charge in [-0.25, -0.2) is 22.3 Å². The summed E-state index contributed by atoms with van der Waals surface area (Å²) in [5.74, 6) is 0. The molecule has 1 aliphatic rings. The fraction of sp³-hybridized carbons (Fsp3) is 0.500. The van der Waals surface area contributed by atoms with Crippen molar-refractivity contribution in [1.29, 1.82) is 0 Å². The highest BCUT2D eigenvalue weighted by Crippen LogP contribution is 2.21. The van der Waals surface area contributed by atoms with Gasteiger partial charge in [0, 0.05) is 6.54 Å². The van der Waals surface area contributed by atoms with E-state index in [2.05, 4.69) is 15.4 Å². The van der Waals surface area contributed by atoms with E-state index in [0.29, 0.717) is 18.4 Å². The smallest absolute Gasteiger partial charge is 0.315 e. The third-order valence-electron chi connectivity index (χ3n) is 3.68. The molecule has 2 rings (SSSR count). The Labute approximate surface area is 129 Å². The molecule has 0 radical (unpaired) electrons. The topological polar surface area (TPSA) is 87.3 Å². The monoisotopic (exact) mass is 329 g/mol. The van der Waals surface area contributed by atoms with Crippen molar-refractivity contribution < 1.29 is 17.6 Å². The molecule has 22 heavy (non-hydrogen) atoms. The number of alkyl halides is 1. The number of carbonyl (C=O) groups is 1. The number of carbonyl (C=O) groups excluding carboxylic acids is 1. The van der Waals surface area contributed by atoms with Crippen molar-refractivity contribution in [3.8, 4) is 0 Å². The van der Waals surface area contributed by atoms with Gasteiger partial charge in [0.2, 0.25) is 10.0 Å². The van der Waals surface area contributed by atoms with Crippen molar-refractivity contribution in [1.82, 2.24) is 15.4 Å². The molecule has 8 heteroatoms. The highest BCUT2D eigenvalue weighted by molar-refractivity contribution is 7.89. The summed E-state index contributed by atoms with van der Waals surface area (Å²) in [6, 6.07) is 5.39. The van der Waals surface area contributed by atoms with Gasteiger partial charge in [-0.15, -0.1) is 0 Å². The van der Waals surface area contributed by atoms with Crippen LogP contribution in [0.4, 0.5) is 9.18 Å². The van der Waals surface area contributed by atoms with E-state index in [1.54, 1.807) is 12.1 Å². The van der Waals surface area contributed by atoms with E-state index in [9.17, 15) is 17.6 Å². The number of rotatable bonds is 5.